The summed E-state index contributed by atoms with van der Waals surface area (Å²) in [7, 11) is 0. The molecule has 4 N–H and O–H groups in total. The molecule has 1 fully saturated rings. The summed E-state index contributed by atoms with van der Waals surface area (Å²) in [5.74, 6) is 1.07. The minimum atomic E-state index is -0.408. The monoisotopic (exact) mass is 574 g/mol. The van der Waals surface area contributed by atoms with Crippen molar-refractivity contribution in [2.24, 2.45) is 5.92 Å². The van der Waals surface area contributed by atoms with Gasteiger partial charge in [0, 0.05) is 36.3 Å². The average Bonchev–Trinajstić information content (AvgIpc) is 2.97. The third kappa shape index (κ3) is 7.77. The Morgan fingerprint density at radius 3 is 2.51 bits per heavy atom. The molecule has 3 heterocycles. The highest BCUT2D eigenvalue weighted by Gasteiger charge is 2.18. The van der Waals surface area contributed by atoms with E-state index < -0.39 is 11.7 Å². The third-order valence-electron chi connectivity index (χ3n) is 6.51. The lowest BCUT2D eigenvalue weighted by Crippen LogP contribution is -2.30. The Morgan fingerprint density at radius 2 is 1.73 bits per heavy atom. The van der Waals surface area contributed by atoms with E-state index in [4.69, 9.17) is 16.3 Å². The topological polar surface area (TPSA) is 117 Å². The number of pyridine rings is 2. The van der Waals surface area contributed by atoms with Gasteiger partial charge in [-0.05, 0) is 92.5 Å². The van der Waals surface area contributed by atoms with Crippen LogP contribution >= 0.6 is 11.6 Å². The van der Waals surface area contributed by atoms with Crippen LogP contribution in [0.25, 0.3) is 0 Å². The molecule has 210 valence electrons. The van der Waals surface area contributed by atoms with Gasteiger partial charge in [-0.3, -0.25) is 9.59 Å². The van der Waals surface area contributed by atoms with Crippen molar-refractivity contribution >= 4 is 46.4 Å². The number of ether oxygens (including phenoxy) is 1. The molecule has 0 spiro atoms. The smallest absolute Gasteiger partial charge is 0.259 e. The average molecular weight is 575 g/mol. The summed E-state index contributed by atoms with van der Waals surface area (Å²) in [5.41, 5.74) is 1.33. The van der Waals surface area contributed by atoms with Crippen LogP contribution in [-0.4, -0.2) is 34.9 Å². The van der Waals surface area contributed by atoms with Gasteiger partial charge in [0.15, 0.2) is 0 Å². The fourth-order valence-corrected chi connectivity index (χ4v) is 4.65. The lowest BCUT2D eigenvalue weighted by atomic mass is 9.94. The minimum absolute atomic E-state index is 0.0738. The van der Waals surface area contributed by atoms with E-state index in [0.29, 0.717) is 57.4 Å². The SMILES string of the molecule is O=C(CC1CCNCC1)Nc1cc(Oc2ccc(Nc3ncccc3C(=O)Nc3ccc(F)cc3)cc2Cl)ccn1. The molecule has 0 unspecified atom stereocenters. The van der Waals surface area contributed by atoms with E-state index in [1.807, 2.05) is 0 Å². The van der Waals surface area contributed by atoms with E-state index >= 15 is 0 Å². The normalized spacial score (nSPS) is 13.3. The number of halogens is 2. The van der Waals surface area contributed by atoms with Gasteiger partial charge in [0.2, 0.25) is 5.91 Å². The number of piperidine rings is 1. The molecule has 2 aromatic heterocycles. The van der Waals surface area contributed by atoms with E-state index in [1.165, 1.54) is 24.3 Å². The Balaban J connectivity index is 1.22. The summed E-state index contributed by atoms with van der Waals surface area (Å²) >= 11 is 6.51. The maximum atomic E-state index is 13.2. The predicted molar refractivity (Wildman–Crippen MR) is 156 cm³/mol. The molecule has 0 radical (unpaired) electrons. The number of carbonyl (C=O) groups is 2. The summed E-state index contributed by atoms with van der Waals surface area (Å²) < 4.78 is 19.2. The maximum Gasteiger partial charge on any atom is 0.259 e. The van der Waals surface area contributed by atoms with Gasteiger partial charge in [-0.15, -0.1) is 0 Å². The molecule has 0 atom stereocenters. The molecular weight excluding hydrogens is 547 g/mol. The number of amides is 2. The molecule has 1 saturated heterocycles. The quantitative estimate of drug-likeness (QED) is 0.183. The van der Waals surface area contributed by atoms with Gasteiger partial charge in [0.25, 0.3) is 5.91 Å². The van der Waals surface area contributed by atoms with Gasteiger partial charge in [-0.1, -0.05) is 11.6 Å². The van der Waals surface area contributed by atoms with E-state index in [1.54, 1.807) is 54.9 Å². The van der Waals surface area contributed by atoms with Crippen LogP contribution in [0.5, 0.6) is 11.5 Å². The summed E-state index contributed by atoms with van der Waals surface area (Å²) in [6.07, 6.45) is 5.54. The van der Waals surface area contributed by atoms with Crippen molar-refractivity contribution in [3.8, 4) is 11.5 Å². The molecular formula is C30H28ClFN6O3. The number of hydrogen-bond acceptors (Lipinski definition) is 7. The summed E-state index contributed by atoms with van der Waals surface area (Å²) in [5, 5.41) is 12.3. The van der Waals surface area contributed by atoms with Crippen molar-refractivity contribution in [1.82, 2.24) is 15.3 Å². The summed E-state index contributed by atoms with van der Waals surface area (Å²) in [6.45, 7) is 1.87. The van der Waals surface area contributed by atoms with Crippen LogP contribution in [0.1, 0.15) is 29.6 Å². The van der Waals surface area contributed by atoms with Crippen LogP contribution in [0.15, 0.2) is 79.1 Å². The highest BCUT2D eigenvalue weighted by Crippen LogP contribution is 2.33. The van der Waals surface area contributed by atoms with Crippen molar-refractivity contribution < 1.29 is 18.7 Å². The first-order chi connectivity index (χ1) is 19.9. The molecule has 0 saturated carbocycles. The molecule has 0 aliphatic carbocycles. The van der Waals surface area contributed by atoms with E-state index in [0.717, 1.165) is 25.9 Å². The molecule has 1 aliphatic heterocycles. The highest BCUT2D eigenvalue weighted by molar-refractivity contribution is 6.32. The number of nitrogens with one attached hydrogen (secondary N) is 4. The number of aromatic nitrogens is 2. The number of benzene rings is 2. The van der Waals surface area contributed by atoms with Gasteiger partial charge in [-0.25, -0.2) is 14.4 Å². The van der Waals surface area contributed by atoms with Crippen LogP contribution in [0.2, 0.25) is 5.02 Å². The van der Waals surface area contributed by atoms with Crippen LogP contribution in [0.4, 0.5) is 27.4 Å². The van der Waals surface area contributed by atoms with Crippen LogP contribution < -0.4 is 26.0 Å². The number of hydrogen-bond donors (Lipinski definition) is 4. The van der Waals surface area contributed by atoms with E-state index in [-0.39, 0.29) is 5.91 Å². The fourth-order valence-electron chi connectivity index (χ4n) is 4.43. The van der Waals surface area contributed by atoms with Gasteiger partial charge in [0.05, 0.1) is 10.6 Å². The number of nitrogens with zero attached hydrogens (tertiary/aromatic N) is 2. The van der Waals surface area contributed by atoms with Gasteiger partial charge in [0.1, 0.15) is 29.0 Å². The number of anilines is 4. The Bertz CT molecular complexity index is 1530. The zero-order valence-electron chi connectivity index (χ0n) is 22.0. The van der Waals surface area contributed by atoms with Crippen LogP contribution in [0.3, 0.4) is 0 Å². The lowest BCUT2D eigenvalue weighted by Gasteiger charge is -2.21. The van der Waals surface area contributed by atoms with Crippen molar-refractivity contribution in [3.05, 3.63) is 95.5 Å². The Labute approximate surface area is 241 Å². The largest absolute Gasteiger partial charge is 0.456 e. The maximum absolute atomic E-state index is 13.2. The van der Waals surface area contributed by atoms with Crippen molar-refractivity contribution in [2.45, 2.75) is 19.3 Å². The number of carbonyl (C=O) groups excluding carboxylic acids is 2. The van der Waals surface area contributed by atoms with Crippen molar-refractivity contribution in [3.63, 3.8) is 0 Å². The highest BCUT2D eigenvalue weighted by atomic mass is 35.5. The Hall–Kier alpha value is -4.54. The first-order valence-corrected chi connectivity index (χ1v) is 13.5. The molecule has 1 aliphatic rings. The third-order valence-corrected chi connectivity index (χ3v) is 6.80. The van der Waals surface area contributed by atoms with E-state index in [2.05, 4.69) is 31.2 Å². The molecule has 5 rings (SSSR count). The second-order valence-electron chi connectivity index (χ2n) is 9.56. The zero-order valence-corrected chi connectivity index (χ0v) is 22.7. The molecule has 41 heavy (non-hydrogen) atoms. The zero-order chi connectivity index (χ0) is 28.6. The second kappa shape index (κ2) is 13.2. The Kier molecular flexibility index (Phi) is 9.02. The van der Waals surface area contributed by atoms with Gasteiger partial charge < -0.3 is 26.0 Å². The summed E-state index contributed by atoms with van der Waals surface area (Å²) in [6, 6.07) is 17.1. The fraction of sp³-hybridized carbons (Fsp3) is 0.200. The molecule has 9 nitrogen and oxygen atoms in total. The van der Waals surface area contributed by atoms with E-state index in [9.17, 15) is 14.0 Å². The number of rotatable bonds is 9. The van der Waals surface area contributed by atoms with Gasteiger partial charge in [-0.2, -0.15) is 0 Å². The predicted octanol–water partition coefficient (Wildman–Crippen LogP) is 6.39. The van der Waals surface area contributed by atoms with Gasteiger partial charge >= 0.3 is 0 Å². The van der Waals surface area contributed by atoms with Crippen LogP contribution in [-0.2, 0) is 4.79 Å². The molecule has 4 aromatic rings. The summed E-state index contributed by atoms with van der Waals surface area (Å²) in [4.78, 5) is 33.9. The minimum Gasteiger partial charge on any atom is -0.456 e. The molecule has 11 heteroatoms. The Morgan fingerprint density at radius 1 is 0.951 bits per heavy atom. The molecule has 0 bridgehead atoms. The lowest BCUT2D eigenvalue weighted by molar-refractivity contribution is -0.117. The molecule has 2 amide bonds. The van der Waals surface area contributed by atoms with Crippen LogP contribution in [0, 0.1) is 11.7 Å². The molecule has 2 aromatic carbocycles. The first-order valence-electron chi connectivity index (χ1n) is 13.2. The van der Waals surface area contributed by atoms with Crippen molar-refractivity contribution in [1.29, 1.82) is 0 Å². The standard InChI is InChI=1S/C30H28ClFN6O3/c31-25-17-22(36-29-24(2-1-12-35-29)30(40)37-21-5-3-20(32)4-6-21)7-8-26(25)41-23-11-15-34-27(18-23)38-28(39)16-19-9-13-33-14-10-19/h1-8,11-12,15,17-19,33H,9-10,13-14,16H2,(H,35,36)(H,37,40)(H,34,38,39). The first kappa shape index (κ1) is 28.0. The second-order valence-corrected chi connectivity index (χ2v) is 9.96. The van der Waals surface area contributed by atoms with Crippen molar-refractivity contribution in [2.75, 3.05) is 29.0 Å².